The van der Waals surface area contributed by atoms with Crippen LogP contribution < -0.4 is 0 Å². The Hall–Kier alpha value is -1.88. The van der Waals surface area contributed by atoms with Gasteiger partial charge in [0.25, 0.3) is 5.91 Å². The molecular weight excluding hydrogens is 354 g/mol. The van der Waals surface area contributed by atoms with E-state index in [1.165, 1.54) is 0 Å². The zero-order valence-corrected chi connectivity index (χ0v) is 18.7. The number of esters is 1. The van der Waals surface area contributed by atoms with Crippen molar-refractivity contribution in [1.82, 2.24) is 4.90 Å². The predicted octanol–water partition coefficient (Wildman–Crippen LogP) is 4.74. The number of ether oxygens (including phenoxy) is 1. The van der Waals surface area contributed by atoms with Gasteiger partial charge in [0.15, 0.2) is 0 Å². The van der Waals surface area contributed by atoms with E-state index in [1.54, 1.807) is 29.2 Å². The van der Waals surface area contributed by atoms with E-state index in [4.69, 9.17) is 4.74 Å². The number of aliphatic hydroxyl groups is 1. The zero-order chi connectivity index (χ0) is 21.7. The Labute approximate surface area is 170 Å². The average molecular weight is 392 g/mol. The van der Waals surface area contributed by atoms with Gasteiger partial charge in [-0.15, -0.1) is 0 Å². The third kappa shape index (κ3) is 8.01. The summed E-state index contributed by atoms with van der Waals surface area (Å²) in [7, 11) is 0. The molecule has 1 aromatic carbocycles. The molecular formula is C23H37NO4. The van der Waals surface area contributed by atoms with Crippen LogP contribution in [0.2, 0.25) is 0 Å². The van der Waals surface area contributed by atoms with Crippen LogP contribution in [0.4, 0.5) is 0 Å². The van der Waals surface area contributed by atoms with Gasteiger partial charge in [-0.1, -0.05) is 26.0 Å². The third-order valence-corrected chi connectivity index (χ3v) is 4.25. The fourth-order valence-corrected chi connectivity index (χ4v) is 2.92. The van der Waals surface area contributed by atoms with Crippen molar-refractivity contribution in [3.05, 3.63) is 35.4 Å². The predicted molar refractivity (Wildman–Crippen MR) is 112 cm³/mol. The Morgan fingerprint density at radius 3 is 2.00 bits per heavy atom. The monoisotopic (exact) mass is 391 g/mol. The van der Waals surface area contributed by atoms with Gasteiger partial charge < -0.3 is 14.7 Å². The SMILES string of the molecule is CC(C)C[C@H](O)c1ccc(C(=O)N(CCC(=O)OC(C)(C)C)C(C)(C)C)cc1. The summed E-state index contributed by atoms with van der Waals surface area (Å²) >= 11 is 0. The van der Waals surface area contributed by atoms with Gasteiger partial charge in [0.05, 0.1) is 12.5 Å². The maximum Gasteiger partial charge on any atom is 0.308 e. The molecule has 1 atom stereocenters. The highest BCUT2D eigenvalue weighted by molar-refractivity contribution is 5.95. The summed E-state index contributed by atoms with van der Waals surface area (Å²) in [5, 5.41) is 10.3. The van der Waals surface area contributed by atoms with Crippen LogP contribution in [0, 0.1) is 5.92 Å². The highest BCUT2D eigenvalue weighted by Crippen LogP contribution is 2.23. The molecule has 1 N–H and O–H groups in total. The Balaban J connectivity index is 2.89. The summed E-state index contributed by atoms with van der Waals surface area (Å²) in [4.78, 5) is 26.8. The summed E-state index contributed by atoms with van der Waals surface area (Å²) in [6.07, 6.45) is 0.290. The molecule has 0 radical (unpaired) electrons. The van der Waals surface area contributed by atoms with Crippen LogP contribution in [-0.2, 0) is 9.53 Å². The van der Waals surface area contributed by atoms with Gasteiger partial charge in [-0.25, -0.2) is 0 Å². The summed E-state index contributed by atoms with van der Waals surface area (Å²) < 4.78 is 5.36. The van der Waals surface area contributed by atoms with Crippen LogP contribution >= 0.6 is 0 Å². The molecule has 0 aliphatic heterocycles. The van der Waals surface area contributed by atoms with Crippen molar-refractivity contribution in [2.45, 2.75) is 85.5 Å². The first-order valence-corrected chi connectivity index (χ1v) is 10.0. The van der Waals surface area contributed by atoms with Crippen molar-refractivity contribution >= 4 is 11.9 Å². The number of carbonyl (C=O) groups excluding carboxylic acids is 2. The molecule has 0 fully saturated rings. The van der Waals surface area contributed by atoms with E-state index >= 15 is 0 Å². The van der Waals surface area contributed by atoms with Crippen molar-refractivity contribution < 1.29 is 19.4 Å². The first-order valence-electron chi connectivity index (χ1n) is 10.0. The standard InChI is InChI=1S/C23H37NO4/c1-16(2)15-19(25)17-9-11-18(12-10-17)21(27)24(22(3,4)5)14-13-20(26)28-23(6,7)8/h9-12,16,19,25H,13-15H2,1-8H3/t19-/m0/s1. The lowest BCUT2D eigenvalue weighted by molar-refractivity contribution is -0.155. The van der Waals surface area contributed by atoms with Crippen molar-refractivity contribution in [2.75, 3.05) is 6.54 Å². The van der Waals surface area contributed by atoms with Crippen molar-refractivity contribution in [3.8, 4) is 0 Å². The largest absolute Gasteiger partial charge is 0.460 e. The van der Waals surface area contributed by atoms with Gasteiger partial charge in [-0.05, 0) is 71.6 Å². The molecule has 0 saturated carbocycles. The second kappa shape index (κ2) is 9.55. The zero-order valence-electron chi connectivity index (χ0n) is 18.7. The molecule has 5 nitrogen and oxygen atoms in total. The number of nitrogens with zero attached hydrogens (tertiary/aromatic N) is 1. The maximum atomic E-state index is 13.1. The summed E-state index contributed by atoms with van der Waals surface area (Å²) in [6.45, 7) is 15.7. The molecule has 1 aromatic rings. The van der Waals surface area contributed by atoms with Crippen LogP contribution in [0.25, 0.3) is 0 Å². The molecule has 1 amide bonds. The minimum atomic E-state index is -0.541. The molecule has 0 spiro atoms. The number of carbonyl (C=O) groups is 2. The Morgan fingerprint density at radius 2 is 1.57 bits per heavy atom. The van der Waals surface area contributed by atoms with Crippen LogP contribution in [-0.4, -0.2) is 39.6 Å². The lowest BCUT2D eigenvalue weighted by Crippen LogP contribution is -2.46. The smallest absolute Gasteiger partial charge is 0.308 e. The molecule has 5 heteroatoms. The van der Waals surface area contributed by atoms with Gasteiger partial charge in [-0.3, -0.25) is 9.59 Å². The maximum absolute atomic E-state index is 13.1. The third-order valence-electron chi connectivity index (χ3n) is 4.25. The van der Waals surface area contributed by atoms with Crippen LogP contribution in [0.1, 0.15) is 90.3 Å². The van der Waals surface area contributed by atoms with Gasteiger partial charge in [-0.2, -0.15) is 0 Å². The number of amides is 1. The van der Waals surface area contributed by atoms with Crippen LogP contribution in [0.5, 0.6) is 0 Å². The summed E-state index contributed by atoms with van der Waals surface area (Å²) in [5.41, 5.74) is 0.371. The van der Waals surface area contributed by atoms with E-state index in [9.17, 15) is 14.7 Å². The molecule has 0 bridgehead atoms. The Kier molecular flexibility index (Phi) is 8.24. The van der Waals surface area contributed by atoms with Crippen molar-refractivity contribution in [2.24, 2.45) is 5.92 Å². The van der Waals surface area contributed by atoms with E-state index in [2.05, 4.69) is 13.8 Å². The highest BCUT2D eigenvalue weighted by atomic mass is 16.6. The minimum absolute atomic E-state index is 0.138. The molecule has 0 aliphatic carbocycles. The number of aliphatic hydroxyl groups excluding tert-OH is 1. The van der Waals surface area contributed by atoms with E-state index in [-0.39, 0.29) is 24.8 Å². The molecule has 0 aromatic heterocycles. The van der Waals surface area contributed by atoms with E-state index < -0.39 is 17.2 Å². The van der Waals surface area contributed by atoms with Gasteiger partial charge in [0.1, 0.15) is 5.60 Å². The van der Waals surface area contributed by atoms with Gasteiger partial charge in [0.2, 0.25) is 0 Å². The Morgan fingerprint density at radius 1 is 1.04 bits per heavy atom. The first kappa shape index (κ1) is 24.2. The lowest BCUT2D eigenvalue weighted by Gasteiger charge is -2.36. The second-order valence-electron chi connectivity index (χ2n) is 9.73. The first-order chi connectivity index (χ1) is 12.7. The van der Waals surface area contributed by atoms with Gasteiger partial charge in [0, 0.05) is 17.6 Å². The quantitative estimate of drug-likeness (QED) is 0.682. The summed E-state index contributed by atoms with van der Waals surface area (Å²) in [5.74, 6) is -0.0665. The molecule has 0 heterocycles. The lowest BCUT2D eigenvalue weighted by atomic mass is 9.98. The highest BCUT2D eigenvalue weighted by Gasteiger charge is 2.28. The molecule has 1 rings (SSSR count). The second-order valence-corrected chi connectivity index (χ2v) is 9.73. The van der Waals surface area contributed by atoms with E-state index in [0.717, 1.165) is 5.56 Å². The topological polar surface area (TPSA) is 66.8 Å². The van der Waals surface area contributed by atoms with E-state index in [1.807, 2.05) is 41.5 Å². The number of hydrogen-bond acceptors (Lipinski definition) is 4. The average Bonchev–Trinajstić information content (AvgIpc) is 2.51. The normalized spacial score (nSPS) is 13.4. The number of hydrogen-bond donors (Lipinski definition) is 1. The van der Waals surface area contributed by atoms with Crippen LogP contribution in [0.15, 0.2) is 24.3 Å². The summed E-state index contributed by atoms with van der Waals surface area (Å²) in [6, 6.07) is 7.09. The van der Waals surface area contributed by atoms with E-state index in [0.29, 0.717) is 17.9 Å². The molecule has 158 valence electrons. The molecule has 28 heavy (non-hydrogen) atoms. The van der Waals surface area contributed by atoms with Crippen molar-refractivity contribution in [1.29, 1.82) is 0 Å². The molecule has 0 aliphatic rings. The van der Waals surface area contributed by atoms with Crippen LogP contribution in [0.3, 0.4) is 0 Å². The van der Waals surface area contributed by atoms with Gasteiger partial charge >= 0.3 is 5.97 Å². The molecule has 0 saturated heterocycles. The molecule has 0 unspecified atom stereocenters. The Bertz CT molecular complexity index is 651. The number of benzene rings is 1. The minimum Gasteiger partial charge on any atom is -0.460 e. The fourth-order valence-electron chi connectivity index (χ4n) is 2.92. The fraction of sp³-hybridized carbons (Fsp3) is 0.652. The van der Waals surface area contributed by atoms with Crippen molar-refractivity contribution in [3.63, 3.8) is 0 Å². The number of rotatable bonds is 7.